The highest BCUT2D eigenvalue weighted by Crippen LogP contribution is 2.34. The van der Waals surface area contributed by atoms with E-state index in [0.29, 0.717) is 5.56 Å². The molecule has 104 valence electrons. The number of anilines is 1. The summed E-state index contributed by atoms with van der Waals surface area (Å²) in [5, 5.41) is 12.6. The molecule has 2 aromatic carbocycles. The van der Waals surface area contributed by atoms with Gasteiger partial charge in [-0.15, -0.1) is 0 Å². The van der Waals surface area contributed by atoms with Gasteiger partial charge in [0, 0.05) is 11.3 Å². The van der Waals surface area contributed by atoms with E-state index in [2.05, 4.69) is 5.32 Å². The van der Waals surface area contributed by atoms with Gasteiger partial charge in [0.2, 0.25) is 0 Å². The van der Waals surface area contributed by atoms with Gasteiger partial charge in [-0.05, 0) is 23.8 Å². The minimum absolute atomic E-state index is 0.173. The van der Waals surface area contributed by atoms with Crippen LogP contribution in [0.5, 0.6) is 0 Å². The molecule has 1 amide bonds. The molecule has 0 atom stereocenters. The maximum Gasteiger partial charge on any atom is 0.416 e. The largest absolute Gasteiger partial charge is 0.530 e. The molecule has 2 rings (SSSR count). The Morgan fingerprint density at radius 2 is 1.75 bits per heavy atom. The highest BCUT2D eigenvalue weighted by atomic mass is 19.4. The van der Waals surface area contributed by atoms with Gasteiger partial charge in [0.1, 0.15) is 6.09 Å². The molecule has 0 aliphatic carbocycles. The van der Waals surface area contributed by atoms with Crippen molar-refractivity contribution in [1.29, 1.82) is 0 Å². The Bertz CT molecular complexity index is 638. The Kier molecular flexibility index (Phi) is 3.65. The maximum atomic E-state index is 12.7. The monoisotopic (exact) mass is 280 g/mol. The van der Waals surface area contributed by atoms with Crippen LogP contribution in [0.25, 0.3) is 11.1 Å². The third-order valence-corrected chi connectivity index (χ3v) is 2.66. The van der Waals surface area contributed by atoms with Crippen molar-refractivity contribution < 1.29 is 23.1 Å². The van der Waals surface area contributed by atoms with Crippen LogP contribution in [0.2, 0.25) is 0 Å². The van der Waals surface area contributed by atoms with Crippen molar-refractivity contribution in [2.45, 2.75) is 6.18 Å². The number of hydrogen-bond donors (Lipinski definition) is 1. The van der Waals surface area contributed by atoms with Gasteiger partial charge >= 0.3 is 6.18 Å². The Labute approximate surface area is 112 Å². The lowest BCUT2D eigenvalue weighted by molar-refractivity contribution is -0.242. The molecule has 2 aromatic rings. The van der Waals surface area contributed by atoms with E-state index < -0.39 is 17.8 Å². The smallest absolute Gasteiger partial charge is 0.416 e. The molecule has 20 heavy (non-hydrogen) atoms. The average molecular weight is 280 g/mol. The van der Waals surface area contributed by atoms with Gasteiger partial charge in [-0.1, -0.05) is 30.3 Å². The second-order valence-corrected chi connectivity index (χ2v) is 4.04. The van der Waals surface area contributed by atoms with Crippen LogP contribution in [0.4, 0.5) is 23.7 Å². The fourth-order valence-corrected chi connectivity index (χ4v) is 1.82. The summed E-state index contributed by atoms with van der Waals surface area (Å²) in [7, 11) is 0. The van der Waals surface area contributed by atoms with Gasteiger partial charge in [-0.25, -0.2) is 0 Å². The fourth-order valence-electron chi connectivity index (χ4n) is 1.82. The maximum absolute atomic E-state index is 12.7. The molecule has 0 heterocycles. The van der Waals surface area contributed by atoms with Gasteiger partial charge < -0.3 is 15.2 Å². The topological polar surface area (TPSA) is 52.2 Å². The van der Waals surface area contributed by atoms with E-state index >= 15 is 0 Å². The lowest BCUT2D eigenvalue weighted by Crippen LogP contribution is -2.28. The Morgan fingerprint density at radius 1 is 1.05 bits per heavy atom. The van der Waals surface area contributed by atoms with Gasteiger partial charge in [0.15, 0.2) is 0 Å². The zero-order chi connectivity index (χ0) is 14.8. The minimum atomic E-state index is -4.45. The number of halogens is 3. The predicted molar refractivity (Wildman–Crippen MR) is 65.9 cm³/mol. The zero-order valence-electron chi connectivity index (χ0n) is 10.1. The van der Waals surface area contributed by atoms with Crippen molar-refractivity contribution in [3.8, 4) is 11.1 Å². The lowest BCUT2D eigenvalue weighted by Gasteiger charge is -2.14. The average Bonchev–Trinajstić information content (AvgIpc) is 2.38. The first-order valence-corrected chi connectivity index (χ1v) is 5.62. The highest BCUT2D eigenvalue weighted by molar-refractivity contribution is 5.89. The summed E-state index contributed by atoms with van der Waals surface area (Å²) in [4.78, 5) is 10.6. The molecule has 0 radical (unpaired) electrons. The van der Waals surface area contributed by atoms with E-state index in [1.807, 2.05) is 0 Å². The van der Waals surface area contributed by atoms with Gasteiger partial charge in [-0.2, -0.15) is 13.2 Å². The van der Waals surface area contributed by atoms with E-state index in [4.69, 9.17) is 0 Å². The molecule has 0 spiro atoms. The van der Waals surface area contributed by atoms with Crippen LogP contribution in [0, 0.1) is 0 Å². The van der Waals surface area contributed by atoms with E-state index in [0.717, 1.165) is 12.1 Å². The summed E-state index contributed by atoms with van der Waals surface area (Å²) in [6.45, 7) is 0. The van der Waals surface area contributed by atoms with Crippen LogP contribution in [0.15, 0.2) is 48.5 Å². The summed E-state index contributed by atoms with van der Waals surface area (Å²) in [5.74, 6) is 0. The summed E-state index contributed by atoms with van der Waals surface area (Å²) in [6.07, 6.45) is -5.98. The molecule has 0 aliphatic rings. The number of benzene rings is 2. The van der Waals surface area contributed by atoms with E-state index in [-0.39, 0.29) is 11.3 Å². The van der Waals surface area contributed by atoms with Gasteiger partial charge in [-0.3, -0.25) is 0 Å². The SMILES string of the molecule is O=C([O-])Nc1ccccc1-c1cccc(C(F)(F)F)c1. The fraction of sp³-hybridized carbons (Fsp3) is 0.0714. The predicted octanol–water partition coefficient (Wildman–Crippen LogP) is 3.13. The van der Waals surface area contributed by atoms with Crippen LogP contribution in [0.3, 0.4) is 0 Å². The van der Waals surface area contributed by atoms with Crippen molar-refractivity contribution in [2.75, 3.05) is 5.32 Å². The Balaban J connectivity index is 2.49. The van der Waals surface area contributed by atoms with Crippen molar-refractivity contribution in [1.82, 2.24) is 0 Å². The van der Waals surface area contributed by atoms with Crippen LogP contribution < -0.4 is 10.4 Å². The summed E-state index contributed by atoms with van der Waals surface area (Å²) in [6, 6.07) is 10.8. The number of carboxylic acid groups (broad SMARTS) is 1. The first-order valence-electron chi connectivity index (χ1n) is 5.62. The third kappa shape index (κ3) is 3.09. The number of amides is 1. The van der Waals surface area contributed by atoms with Crippen LogP contribution >= 0.6 is 0 Å². The number of para-hydroxylation sites is 1. The number of rotatable bonds is 2. The number of alkyl halides is 3. The Hall–Kier alpha value is -2.50. The highest BCUT2D eigenvalue weighted by Gasteiger charge is 2.30. The van der Waals surface area contributed by atoms with Crippen LogP contribution in [-0.4, -0.2) is 6.09 Å². The normalized spacial score (nSPS) is 11.2. The molecule has 0 aliphatic heterocycles. The summed E-state index contributed by atoms with van der Waals surface area (Å²) >= 11 is 0. The second kappa shape index (κ2) is 5.24. The lowest BCUT2D eigenvalue weighted by atomic mass is 10.0. The summed E-state index contributed by atoms with van der Waals surface area (Å²) < 4.78 is 38.0. The van der Waals surface area contributed by atoms with Gasteiger partial charge in [0.25, 0.3) is 0 Å². The van der Waals surface area contributed by atoms with Crippen LogP contribution in [-0.2, 0) is 6.18 Å². The second-order valence-electron chi connectivity index (χ2n) is 4.04. The first kappa shape index (κ1) is 13.9. The van der Waals surface area contributed by atoms with E-state index in [9.17, 15) is 23.1 Å². The molecule has 0 fully saturated rings. The molecule has 0 unspecified atom stereocenters. The minimum Gasteiger partial charge on any atom is -0.530 e. The van der Waals surface area contributed by atoms with E-state index in [1.54, 1.807) is 12.1 Å². The molecule has 6 heteroatoms. The Morgan fingerprint density at radius 3 is 2.40 bits per heavy atom. The number of carbonyl (C=O) groups is 1. The van der Waals surface area contributed by atoms with Crippen molar-refractivity contribution in [2.24, 2.45) is 0 Å². The molecule has 0 aromatic heterocycles. The van der Waals surface area contributed by atoms with Crippen molar-refractivity contribution in [3.05, 3.63) is 54.1 Å². The van der Waals surface area contributed by atoms with Crippen molar-refractivity contribution >= 4 is 11.8 Å². The quantitative estimate of drug-likeness (QED) is 0.918. The number of hydrogen-bond acceptors (Lipinski definition) is 2. The molecular weight excluding hydrogens is 271 g/mol. The summed E-state index contributed by atoms with van der Waals surface area (Å²) in [5.41, 5.74) is -0.00273. The molecule has 0 saturated carbocycles. The van der Waals surface area contributed by atoms with E-state index in [1.165, 1.54) is 24.3 Å². The standard InChI is InChI=1S/C14H10F3NO2/c15-14(16,17)10-5-3-4-9(8-10)11-6-1-2-7-12(11)18-13(19)20/h1-8,18H,(H,19,20)/p-1. The number of nitrogens with one attached hydrogen (secondary N) is 1. The molecular formula is C14H9F3NO2-. The van der Waals surface area contributed by atoms with Crippen molar-refractivity contribution in [3.63, 3.8) is 0 Å². The molecule has 1 N–H and O–H groups in total. The molecule has 0 bridgehead atoms. The zero-order valence-corrected chi connectivity index (χ0v) is 10.1. The van der Waals surface area contributed by atoms with Gasteiger partial charge in [0.05, 0.1) is 5.56 Å². The van der Waals surface area contributed by atoms with Crippen LogP contribution in [0.1, 0.15) is 5.56 Å². The molecule has 3 nitrogen and oxygen atoms in total. The number of carbonyl (C=O) groups excluding carboxylic acids is 1. The molecule has 0 saturated heterocycles. The third-order valence-electron chi connectivity index (χ3n) is 2.66. The first-order chi connectivity index (χ1) is 9.38.